The van der Waals surface area contributed by atoms with Gasteiger partial charge in [-0.1, -0.05) is 16.8 Å². The highest BCUT2D eigenvalue weighted by Gasteiger charge is 2.37. The number of nitrogens with one attached hydrogen (secondary N) is 3. The molecule has 0 saturated carbocycles. The minimum Gasteiger partial charge on any atom is -0.367 e. The molecule has 1 amide bonds. The first-order valence-corrected chi connectivity index (χ1v) is 10.3. The van der Waals surface area contributed by atoms with E-state index < -0.39 is 24.2 Å². The van der Waals surface area contributed by atoms with E-state index in [0.29, 0.717) is 23.9 Å². The summed E-state index contributed by atoms with van der Waals surface area (Å²) in [4.78, 5) is 32.7. The fourth-order valence-corrected chi connectivity index (χ4v) is 3.85. The number of hydrogen-bond acceptors (Lipinski definition) is 9. The van der Waals surface area contributed by atoms with Crippen LogP contribution in [0.25, 0.3) is 0 Å². The highest BCUT2D eigenvalue weighted by atomic mass is 35.5. The monoisotopic (exact) mass is 444 g/mol. The standard InChI is InChI=1S/C17H26Cl2N8O2/c1-26-2-4-27(5-3-26)12-6-13(19)21-9-11(12)24-17(28)14(15(20)25-29)16-22-7-10(18)8-23-16/h6,9-10,14-16,22-23H,2-5,7-8,20H2,1H3,(H,24,28). The summed E-state index contributed by atoms with van der Waals surface area (Å²) < 4.78 is 0. The number of carbonyl (C=O) groups is 1. The number of amides is 1. The molecule has 3 heterocycles. The number of aromatic nitrogens is 1. The maximum Gasteiger partial charge on any atom is 0.234 e. The normalized spacial score (nSPS) is 25.3. The van der Waals surface area contributed by atoms with Crippen LogP contribution in [0.5, 0.6) is 0 Å². The molecule has 0 spiro atoms. The second-order valence-electron chi connectivity index (χ2n) is 7.32. The molecule has 12 heteroatoms. The van der Waals surface area contributed by atoms with Crippen molar-refractivity contribution in [2.45, 2.75) is 17.7 Å². The summed E-state index contributed by atoms with van der Waals surface area (Å²) in [5.41, 5.74) is 7.14. The minimum atomic E-state index is -1.22. The molecule has 3 rings (SSSR count). The topological polar surface area (TPSA) is 128 Å². The van der Waals surface area contributed by atoms with Crippen LogP contribution in [-0.4, -0.2) is 79.8 Å². The summed E-state index contributed by atoms with van der Waals surface area (Å²) in [6, 6.07) is 1.73. The molecule has 1 aromatic rings. The summed E-state index contributed by atoms with van der Waals surface area (Å²) in [6.07, 6.45) is -0.231. The van der Waals surface area contributed by atoms with Gasteiger partial charge in [-0.05, 0) is 7.05 Å². The number of hydrogen-bond donors (Lipinski definition) is 4. The molecule has 0 bridgehead atoms. The third-order valence-corrected chi connectivity index (χ3v) is 5.74. The number of halogens is 2. The maximum absolute atomic E-state index is 13.1. The van der Waals surface area contributed by atoms with Gasteiger partial charge in [0, 0.05) is 45.3 Å². The molecule has 29 heavy (non-hydrogen) atoms. The Hall–Kier alpha value is -1.56. The lowest BCUT2D eigenvalue weighted by Crippen LogP contribution is -2.62. The molecule has 2 saturated heterocycles. The van der Waals surface area contributed by atoms with Gasteiger partial charge in [-0.15, -0.1) is 16.5 Å². The number of nitrogens with two attached hydrogens (primary N) is 1. The Morgan fingerprint density at radius 2 is 2.00 bits per heavy atom. The van der Waals surface area contributed by atoms with Crippen molar-refractivity contribution in [1.82, 2.24) is 20.5 Å². The summed E-state index contributed by atoms with van der Waals surface area (Å²) in [7, 11) is 2.06. The molecule has 2 aliphatic heterocycles. The lowest BCUT2D eigenvalue weighted by Gasteiger charge is -2.36. The van der Waals surface area contributed by atoms with Gasteiger partial charge in [0.1, 0.15) is 11.1 Å². The third kappa shape index (κ3) is 5.53. The van der Waals surface area contributed by atoms with Crippen LogP contribution in [0.2, 0.25) is 5.15 Å². The summed E-state index contributed by atoms with van der Waals surface area (Å²) in [5, 5.41) is 12.2. The molecule has 160 valence electrons. The largest absolute Gasteiger partial charge is 0.367 e. The van der Waals surface area contributed by atoms with Crippen LogP contribution in [-0.2, 0) is 4.79 Å². The SMILES string of the molecule is CN1CCN(c2cc(Cl)ncc2NC(=O)C(C(N)N=O)C2NCC(Cl)CN2)CC1. The molecule has 5 N–H and O–H groups in total. The van der Waals surface area contributed by atoms with E-state index in [-0.39, 0.29) is 5.38 Å². The average molecular weight is 445 g/mol. The van der Waals surface area contributed by atoms with E-state index in [1.54, 1.807) is 6.07 Å². The van der Waals surface area contributed by atoms with E-state index in [9.17, 15) is 9.70 Å². The predicted octanol–water partition coefficient (Wildman–Crippen LogP) is 0.219. The fourth-order valence-electron chi connectivity index (χ4n) is 3.52. The van der Waals surface area contributed by atoms with E-state index in [4.69, 9.17) is 28.9 Å². The lowest BCUT2D eigenvalue weighted by atomic mass is 9.99. The Morgan fingerprint density at radius 3 is 2.62 bits per heavy atom. The highest BCUT2D eigenvalue weighted by molar-refractivity contribution is 6.29. The van der Waals surface area contributed by atoms with Crippen LogP contribution in [0, 0.1) is 10.8 Å². The van der Waals surface area contributed by atoms with Crippen LogP contribution >= 0.6 is 23.2 Å². The molecule has 0 aliphatic carbocycles. The highest BCUT2D eigenvalue weighted by Crippen LogP contribution is 2.29. The first-order valence-electron chi connectivity index (χ1n) is 9.48. The van der Waals surface area contributed by atoms with Gasteiger partial charge < -0.3 is 20.9 Å². The zero-order valence-corrected chi connectivity index (χ0v) is 17.7. The minimum absolute atomic E-state index is 0.111. The molecule has 2 atom stereocenters. The van der Waals surface area contributed by atoms with Crippen LogP contribution in [0.1, 0.15) is 0 Å². The van der Waals surface area contributed by atoms with Gasteiger partial charge in [0.15, 0.2) is 6.17 Å². The third-order valence-electron chi connectivity index (χ3n) is 5.22. The summed E-state index contributed by atoms with van der Waals surface area (Å²) in [5.74, 6) is -1.36. The number of alkyl halides is 1. The molecular weight excluding hydrogens is 419 g/mol. The summed E-state index contributed by atoms with van der Waals surface area (Å²) in [6.45, 7) is 4.35. The predicted molar refractivity (Wildman–Crippen MR) is 114 cm³/mol. The van der Waals surface area contributed by atoms with E-state index >= 15 is 0 Å². The fraction of sp³-hybridized carbons (Fsp3) is 0.647. The van der Waals surface area contributed by atoms with Crippen molar-refractivity contribution in [3.63, 3.8) is 0 Å². The molecule has 1 aromatic heterocycles. The van der Waals surface area contributed by atoms with Gasteiger partial charge in [0.2, 0.25) is 5.91 Å². The van der Waals surface area contributed by atoms with E-state index in [0.717, 1.165) is 31.9 Å². The smallest absolute Gasteiger partial charge is 0.234 e. The van der Waals surface area contributed by atoms with Crippen LogP contribution in [0.3, 0.4) is 0 Å². The van der Waals surface area contributed by atoms with Crippen molar-refractivity contribution in [3.05, 3.63) is 22.3 Å². The number of piperazine rings is 1. The molecule has 0 radical (unpaired) electrons. The number of nitrogens with zero attached hydrogens (tertiary/aromatic N) is 4. The van der Waals surface area contributed by atoms with Gasteiger partial charge in [-0.2, -0.15) is 0 Å². The number of anilines is 2. The number of rotatable bonds is 6. The Balaban J connectivity index is 1.79. The Kier molecular flexibility index (Phi) is 7.60. The van der Waals surface area contributed by atoms with Gasteiger partial charge in [0.05, 0.1) is 29.1 Å². The van der Waals surface area contributed by atoms with Crippen LogP contribution in [0.15, 0.2) is 17.4 Å². The number of nitroso groups, excluding NO2 is 1. The average Bonchev–Trinajstić information content (AvgIpc) is 2.71. The zero-order chi connectivity index (χ0) is 21.0. The second kappa shape index (κ2) is 9.96. The zero-order valence-electron chi connectivity index (χ0n) is 16.1. The molecule has 2 aliphatic rings. The quantitative estimate of drug-likeness (QED) is 0.278. The maximum atomic E-state index is 13.1. The number of carbonyl (C=O) groups excluding carboxylic acids is 1. The van der Waals surface area contributed by atoms with Crippen LogP contribution < -0.4 is 26.6 Å². The second-order valence-corrected chi connectivity index (χ2v) is 8.32. The van der Waals surface area contributed by atoms with Crippen molar-refractivity contribution < 1.29 is 4.79 Å². The number of likely N-dealkylation sites (N-methyl/N-ethyl adjacent to an activating group) is 1. The molecular formula is C17H26Cl2N8O2. The van der Waals surface area contributed by atoms with Gasteiger partial charge >= 0.3 is 0 Å². The first-order chi connectivity index (χ1) is 13.9. The van der Waals surface area contributed by atoms with Crippen molar-refractivity contribution in [3.8, 4) is 0 Å². The first kappa shape index (κ1) is 22.1. The lowest BCUT2D eigenvalue weighted by molar-refractivity contribution is -0.121. The van der Waals surface area contributed by atoms with Crippen molar-refractivity contribution in [2.75, 3.05) is 56.5 Å². The van der Waals surface area contributed by atoms with Gasteiger partial charge in [-0.3, -0.25) is 15.4 Å². The summed E-state index contributed by atoms with van der Waals surface area (Å²) >= 11 is 12.2. The Morgan fingerprint density at radius 1 is 1.34 bits per heavy atom. The van der Waals surface area contributed by atoms with E-state index in [2.05, 4.69) is 43.0 Å². The van der Waals surface area contributed by atoms with Crippen molar-refractivity contribution in [2.24, 2.45) is 16.8 Å². The van der Waals surface area contributed by atoms with Crippen LogP contribution in [0.4, 0.5) is 11.4 Å². The van der Waals surface area contributed by atoms with Gasteiger partial charge in [-0.25, -0.2) is 4.98 Å². The molecule has 0 aromatic carbocycles. The van der Waals surface area contributed by atoms with Gasteiger partial charge in [0.25, 0.3) is 0 Å². The van der Waals surface area contributed by atoms with E-state index in [1.807, 2.05) is 0 Å². The Bertz CT molecular complexity index is 723. The van der Waals surface area contributed by atoms with E-state index in [1.165, 1.54) is 6.20 Å². The Labute approximate surface area is 179 Å². The number of pyridine rings is 1. The molecule has 2 unspecified atom stereocenters. The molecule has 2 fully saturated rings. The molecule has 10 nitrogen and oxygen atoms in total. The van der Waals surface area contributed by atoms with Crippen molar-refractivity contribution >= 4 is 40.5 Å². The van der Waals surface area contributed by atoms with Crippen molar-refractivity contribution in [1.29, 1.82) is 0 Å².